The molecule has 0 unspecified atom stereocenters. The quantitative estimate of drug-likeness (QED) is 0.233. The molecule has 1 N–H and O–H groups in total. The standard InChI is InChI=1S/C24H25N9O7/c34-32(35)18-4-5-21(20(15-18)33(36)37)40-19-3-1-2-17(14-19)16-25-29-22-26-23(30-6-10-38-11-7-30)28-24(27-22)31-8-12-39-13-9-31/h1-5,14-16H,6-13H2,(H,26,27,28,29)/b25-16+. The van der Waals surface area contributed by atoms with Crippen molar-refractivity contribution in [2.24, 2.45) is 5.10 Å². The number of ether oxygens (including phenoxy) is 3. The number of hydrogen-bond donors (Lipinski definition) is 1. The van der Waals surface area contributed by atoms with E-state index in [1.54, 1.807) is 24.3 Å². The molecular formula is C24H25N9O7. The lowest BCUT2D eigenvalue weighted by atomic mass is 10.2. The van der Waals surface area contributed by atoms with Gasteiger partial charge in [-0.1, -0.05) is 12.1 Å². The summed E-state index contributed by atoms with van der Waals surface area (Å²) in [6, 6.07) is 9.85. The van der Waals surface area contributed by atoms with Crippen LogP contribution in [0.1, 0.15) is 5.56 Å². The zero-order valence-electron chi connectivity index (χ0n) is 21.2. The van der Waals surface area contributed by atoms with Crippen molar-refractivity contribution in [3.05, 3.63) is 68.3 Å². The van der Waals surface area contributed by atoms with E-state index < -0.39 is 21.2 Å². The van der Waals surface area contributed by atoms with Crippen molar-refractivity contribution in [3.8, 4) is 11.5 Å². The lowest BCUT2D eigenvalue weighted by molar-refractivity contribution is -0.394. The van der Waals surface area contributed by atoms with Gasteiger partial charge in [0.1, 0.15) is 5.75 Å². The first-order chi connectivity index (χ1) is 19.5. The number of hydrogen-bond acceptors (Lipinski definition) is 14. The number of nitrogens with zero attached hydrogens (tertiary/aromatic N) is 8. The van der Waals surface area contributed by atoms with Crippen LogP contribution in [0.4, 0.5) is 29.2 Å². The minimum absolute atomic E-state index is 0.126. The van der Waals surface area contributed by atoms with Crippen molar-refractivity contribution in [1.82, 2.24) is 15.0 Å². The summed E-state index contributed by atoms with van der Waals surface area (Å²) in [6.45, 7) is 4.98. The molecule has 0 aliphatic carbocycles. The molecule has 5 rings (SSSR count). The number of benzene rings is 2. The predicted octanol–water partition coefficient (Wildman–Crippen LogP) is 2.60. The first kappa shape index (κ1) is 26.6. The Balaban J connectivity index is 1.32. The lowest BCUT2D eigenvalue weighted by Crippen LogP contribution is -2.40. The van der Waals surface area contributed by atoms with Gasteiger partial charge in [0.15, 0.2) is 0 Å². The van der Waals surface area contributed by atoms with E-state index in [9.17, 15) is 20.2 Å². The van der Waals surface area contributed by atoms with E-state index in [1.165, 1.54) is 12.3 Å². The average Bonchev–Trinajstić information content (AvgIpc) is 2.98. The summed E-state index contributed by atoms with van der Waals surface area (Å²) in [4.78, 5) is 38.7. The Kier molecular flexibility index (Phi) is 8.17. The van der Waals surface area contributed by atoms with Gasteiger partial charge >= 0.3 is 5.69 Å². The van der Waals surface area contributed by atoms with Gasteiger partial charge in [-0.25, -0.2) is 5.43 Å². The fourth-order valence-corrected chi connectivity index (χ4v) is 4.01. The molecule has 2 aliphatic rings. The molecule has 2 aliphatic heterocycles. The van der Waals surface area contributed by atoms with Gasteiger partial charge in [0.05, 0.1) is 48.6 Å². The van der Waals surface area contributed by atoms with Gasteiger partial charge in [0.2, 0.25) is 23.6 Å². The van der Waals surface area contributed by atoms with Crippen LogP contribution < -0.4 is 20.0 Å². The van der Waals surface area contributed by atoms with Crippen LogP contribution in [0, 0.1) is 20.2 Å². The second-order valence-electron chi connectivity index (χ2n) is 8.67. The molecule has 3 heterocycles. The highest BCUT2D eigenvalue weighted by Crippen LogP contribution is 2.34. The molecule has 40 heavy (non-hydrogen) atoms. The Labute approximate surface area is 227 Å². The molecule has 16 nitrogen and oxygen atoms in total. The normalized spacial score (nSPS) is 15.7. The van der Waals surface area contributed by atoms with Crippen molar-refractivity contribution in [2.45, 2.75) is 0 Å². The van der Waals surface area contributed by atoms with E-state index >= 15 is 0 Å². The van der Waals surface area contributed by atoms with Gasteiger partial charge in [-0.2, -0.15) is 20.1 Å². The van der Waals surface area contributed by atoms with Crippen LogP contribution >= 0.6 is 0 Å². The number of hydrazone groups is 1. The van der Waals surface area contributed by atoms with E-state index in [1.807, 2.05) is 9.80 Å². The van der Waals surface area contributed by atoms with E-state index in [0.717, 1.165) is 12.1 Å². The number of rotatable bonds is 9. The molecule has 0 amide bonds. The molecule has 1 aromatic heterocycles. The van der Waals surface area contributed by atoms with E-state index in [-0.39, 0.29) is 17.4 Å². The fraction of sp³-hybridized carbons (Fsp3) is 0.333. The van der Waals surface area contributed by atoms with Crippen molar-refractivity contribution in [2.75, 3.05) is 67.8 Å². The number of morpholine rings is 2. The minimum Gasteiger partial charge on any atom is -0.450 e. The largest absolute Gasteiger partial charge is 0.450 e. The Morgan fingerprint density at radius 1 is 0.875 bits per heavy atom. The van der Waals surface area contributed by atoms with Crippen LogP contribution in [0.2, 0.25) is 0 Å². The Bertz CT molecular complexity index is 1370. The Morgan fingerprint density at radius 2 is 1.52 bits per heavy atom. The summed E-state index contributed by atoms with van der Waals surface area (Å²) < 4.78 is 16.6. The molecule has 0 atom stereocenters. The summed E-state index contributed by atoms with van der Waals surface area (Å²) >= 11 is 0. The van der Waals surface area contributed by atoms with Crippen LogP contribution in [-0.2, 0) is 9.47 Å². The Morgan fingerprint density at radius 3 is 2.12 bits per heavy atom. The minimum atomic E-state index is -0.734. The van der Waals surface area contributed by atoms with Crippen LogP contribution in [0.3, 0.4) is 0 Å². The summed E-state index contributed by atoms with van der Waals surface area (Å²) in [5.74, 6) is 1.47. The third kappa shape index (κ3) is 6.54. The molecule has 3 aromatic rings. The van der Waals surface area contributed by atoms with Crippen LogP contribution in [0.5, 0.6) is 11.5 Å². The lowest BCUT2D eigenvalue weighted by Gasteiger charge is -2.30. The summed E-state index contributed by atoms with van der Waals surface area (Å²) in [7, 11) is 0. The number of nitro benzene ring substituents is 2. The fourth-order valence-electron chi connectivity index (χ4n) is 4.01. The summed E-state index contributed by atoms with van der Waals surface area (Å²) in [5.41, 5.74) is 2.55. The average molecular weight is 552 g/mol. The number of non-ortho nitro benzene ring substituents is 1. The van der Waals surface area contributed by atoms with E-state index in [0.29, 0.717) is 70.1 Å². The van der Waals surface area contributed by atoms with Crippen molar-refractivity contribution < 1.29 is 24.1 Å². The second-order valence-corrected chi connectivity index (χ2v) is 8.67. The van der Waals surface area contributed by atoms with Crippen LogP contribution in [0.15, 0.2) is 47.6 Å². The van der Waals surface area contributed by atoms with E-state index in [2.05, 4.69) is 25.5 Å². The predicted molar refractivity (Wildman–Crippen MR) is 143 cm³/mol. The van der Waals surface area contributed by atoms with E-state index in [4.69, 9.17) is 14.2 Å². The van der Waals surface area contributed by atoms with Gasteiger partial charge in [-0.15, -0.1) is 0 Å². The molecule has 16 heteroatoms. The summed E-state index contributed by atoms with van der Waals surface area (Å²) in [5, 5.41) is 26.7. The van der Waals surface area contributed by atoms with Gasteiger partial charge < -0.3 is 24.0 Å². The second kappa shape index (κ2) is 12.3. The molecule has 0 bridgehead atoms. The maximum Gasteiger partial charge on any atom is 0.318 e. The molecule has 0 spiro atoms. The molecule has 208 valence electrons. The van der Waals surface area contributed by atoms with Gasteiger partial charge in [-0.3, -0.25) is 20.2 Å². The molecular weight excluding hydrogens is 526 g/mol. The van der Waals surface area contributed by atoms with Gasteiger partial charge in [0, 0.05) is 32.2 Å². The topological polar surface area (TPSA) is 184 Å². The number of anilines is 3. The van der Waals surface area contributed by atoms with Crippen molar-refractivity contribution >= 4 is 35.4 Å². The number of nitro groups is 2. The van der Waals surface area contributed by atoms with Gasteiger partial charge in [0.25, 0.3) is 5.69 Å². The highest BCUT2D eigenvalue weighted by molar-refractivity contribution is 5.80. The zero-order valence-corrected chi connectivity index (χ0v) is 21.2. The van der Waals surface area contributed by atoms with Crippen molar-refractivity contribution in [1.29, 1.82) is 0 Å². The maximum atomic E-state index is 11.4. The highest BCUT2D eigenvalue weighted by Gasteiger charge is 2.22. The molecule has 2 fully saturated rings. The highest BCUT2D eigenvalue weighted by atomic mass is 16.6. The number of aromatic nitrogens is 3. The third-order valence-corrected chi connectivity index (χ3v) is 6.01. The maximum absolute atomic E-state index is 11.4. The monoisotopic (exact) mass is 551 g/mol. The molecule has 2 aromatic carbocycles. The summed E-state index contributed by atoms with van der Waals surface area (Å²) in [6.07, 6.45) is 1.52. The molecule has 2 saturated heterocycles. The molecule has 0 saturated carbocycles. The third-order valence-electron chi connectivity index (χ3n) is 6.01. The van der Waals surface area contributed by atoms with Crippen LogP contribution in [0.25, 0.3) is 0 Å². The smallest absolute Gasteiger partial charge is 0.318 e. The number of nitrogens with one attached hydrogen (secondary N) is 1. The molecule has 0 radical (unpaired) electrons. The SMILES string of the molecule is O=[N+]([O-])c1ccc(Oc2cccc(/C=N/Nc3nc(N4CCOCC4)nc(N4CCOCC4)n3)c2)c([N+](=O)[O-])c1. The first-order valence-electron chi connectivity index (χ1n) is 12.4. The first-order valence-corrected chi connectivity index (χ1v) is 12.4. The Hall–Kier alpha value is -4.96. The van der Waals surface area contributed by atoms with Crippen LogP contribution in [-0.4, -0.2) is 83.6 Å². The van der Waals surface area contributed by atoms with Crippen molar-refractivity contribution in [3.63, 3.8) is 0 Å². The zero-order chi connectivity index (χ0) is 27.9. The van der Waals surface area contributed by atoms with Gasteiger partial charge in [-0.05, 0) is 23.8 Å².